The number of nitrogens with one attached hydrogen (secondary N) is 1. The van der Waals surface area contributed by atoms with Crippen LogP contribution in [0.3, 0.4) is 0 Å². The summed E-state index contributed by atoms with van der Waals surface area (Å²) in [5.74, 6) is -1.20. The van der Waals surface area contributed by atoms with Crippen LogP contribution in [0.25, 0.3) is 0 Å². The zero-order valence-electron chi connectivity index (χ0n) is 11.3. The number of anilines is 1. The Morgan fingerprint density at radius 2 is 2.05 bits per heavy atom. The number of rotatable bonds is 1. The van der Waals surface area contributed by atoms with Crippen LogP contribution in [-0.4, -0.2) is 41.0 Å². The molecule has 0 spiro atoms. The maximum atomic E-state index is 11.9. The molecule has 1 heterocycles. The van der Waals surface area contributed by atoms with Crippen LogP contribution in [0.2, 0.25) is 0 Å². The molecule has 1 aromatic carbocycles. The molecule has 1 aliphatic heterocycles. The zero-order chi connectivity index (χ0) is 14.1. The standard InChI is InChI=1S/C15H18N2O3/c18-13-6-7-17(9-13)15(20)14(19)16-12-5-4-10-2-1-3-11(10)8-12/h4-5,8,13,18H,1-3,6-7,9H2,(H,16,19)/t13-/m0/s1. The monoisotopic (exact) mass is 274 g/mol. The van der Waals surface area contributed by atoms with Gasteiger partial charge in [0.2, 0.25) is 0 Å². The Morgan fingerprint density at radius 3 is 2.80 bits per heavy atom. The number of aliphatic hydroxyl groups excluding tert-OH is 1. The van der Waals surface area contributed by atoms with Crippen LogP contribution in [0.15, 0.2) is 18.2 Å². The minimum Gasteiger partial charge on any atom is -0.391 e. The quantitative estimate of drug-likeness (QED) is 0.741. The predicted molar refractivity (Wildman–Crippen MR) is 74.3 cm³/mol. The number of aryl methyl sites for hydroxylation is 2. The number of carbonyl (C=O) groups excluding carboxylic acids is 2. The molecule has 5 heteroatoms. The van der Waals surface area contributed by atoms with Gasteiger partial charge in [-0.25, -0.2) is 0 Å². The summed E-state index contributed by atoms with van der Waals surface area (Å²) in [5, 5.41) is 12.1. The van der Waals surface area contributed by atoms with E-state index in [0.29, 0.717) is 18.7 Å². The Morgan fingerprint density at radius 1 is 1.25 bits per heavy atom. The first-order chi connectivity index (χ1) is 9.63. The van der Waals surface area contributed by atoms with E-state index in [0.717, 1.165) is 19.3 Å². The van der Waals surface area contributed by atoms with Crippen molar-refractivity contribution in [1.82, 2.24) is 4.90 Å². The number of fused-ring (bicyclic) bond motifs is 1. The van der Waals surface area contributed by atoms with Crippen molar-refractivity contribution < 1.29 is 14.7 Å². The molecule has 0 unspecified atom stereocenters. The van der Waals surface area contributed by atoms with Crippen molar-refractivity contribution in [3.63, 3.8) is 0 Å². The van der Waals surface area contributed by atoms with Crippen LogP contribution in [-0.2, 0) is 22.4 Å². The van der Waals surface area contributed by atoms with Gasteiger partial charge >= 0.3 is 11.8 Å². The third-order valence-electron chi connectivity index (χ3n) is 4.00. The van der Waals surface area contributed by atoms with Gasteiger partial charge in [0.25, 0.3) is 0 Å². The highest BCUT2D eigenvalue weighted by molar-refractivity contribution is 6.39. The SMILES string of the molecule is O=C(Nc1ccc2c(c1)CCC2)C(=O)N1CC[C@H](O)C1. The molecule has 2 N–H and O–H groups in total. The Bertz CT molecular complexity index is 556. The number of aliphatic hydroxyl groups is 1. The van der Waals surface area contributed by atoms with Crippen LogP contribution in [0.1, 0.15) is 24.0 Å². The van der Waals surface area contributed by atoms with Crippen molar-refractivity contribution in [2.75, 3.05) is 18.4 Å². The Hall–Kier alpha value is -1.88. The molecule has 0 saturated carbocycles. The summed E-state index contributed by atoms with van der Waals surface area (Å²) in [6.45, 7) is 0.689. The Labute approximate surface area is 117 Å². The second kappa shape index (κ2) is 5.25. The molecule has 2 aliphatic rings. The molecule has 0 bridgehead atoms. The molecule has 1 atom stereocenters. The lowest BCUT2D eigenvalue weighted by Crippen LogP contribution is -2.38. The molecule has 2 amide bonds. The second-order valence-corrected chi connectivity index (χ2v) is 5.48. The van der Waals surface area contributed by atoms with Crippen LogP contribution in [0.4, 0.5) is 5.69 Å². The molecule has 3 rings (SSSR count). The van der Waals surface area contributed by atoms with Gasteiger partial charge in [0.15, 0.2) is 0 Å². The lowest BCUT2D eigenvalue weighted by Gasteiger charge is -2.15. The zero-order valence-corrected chi connectivity index (χ0v) is 11.3. The molecular formula is C15H18N2O3. The highest BCUT2D eigenvalue weighted by Crippen LogP contribution is 2.24. The van der Waals surface area contributed by atoms with Crippen molar-refractivity contribution in [3.8, 4) is 0 Å². The summed E-state index contributed by atoms with van der Waals surface area (Å²) < 4.78 is 0. The van der Waals surface area contributed by atoms with Gasteiger partial charge in [-0.15, -0.1) is 0 Å². The first-order valence-corrected chi connectivity index (χ1v) is 7.03. The Balaban J connectivity index is 1.65. The van der Waals surface area contributed by atoms with E-state index in [4.69, 9.17) is 0 Å². The number of nitrogens with zero attached hydrogens (tertiary/aromatic N) is 1. The number of amides is 2. The molecule has 1 saturated heterocycles. The van der Waals surface area contributed by atoms with Gasteiger partial charge in [-0.1, -0.05) is 6.07 Å². The highest BCUT2D eigenvalue weighted by atomic mass is 16.3. The van der Waals surface area contributed by atoms with Crippen LogP contribution in [0, 0.1) is 0 Å². The lowest BCUT2D eigenvalue weighted by molar-refractivity contribution is -0.142. The highest BCUT2D eigenvalue weighted by Gasteiger charge is 2.29. The van der Waals surface area contributed by atoms with E-state index < -0.39 is 17.9 Å². The van der Waals surface area contributed by atoms with Crippen molar-refractivity contribution in [3.05, 3.63) is 29.3 Å². The van der Waals surface area contributed by atoms with Gasteiger partial charge in [0, 0.05) is 18.8 Å². The second-order valence-electron chi connectivity index (χ2n) is 5.48. The van der Waals surface area contributed by atoms with Gasteiger partial charge < -0.3 is 15.3 Å². The number of likely N-dealkylation sites (tertiary alicyclic amines) is 1. The fraction of sp³-hybridized carbons (Fsp3) is 0.467. The fourth-order valence-electron chi connectivity index (χ4n) is 2.90. The lowest BCUT2D eigenvalue weighted by atomic mass is 10.1. The first-order valence-electron chi connectivity index (χ1n) is 7.03. The molecule has 0 radical (unpaired) electrons. The molecule has 5 nitrogen and oxygen atoms in total. The first kappa shape index (κ1) is 13.1. The normalized spacial score (nSPS) is 20.9. The fourth-order valence-corrected chi connectivity index (χ4v) is 2.90. The van der Waals surface area contributed by atoms with Crippen LogP contribution >= 0.6 is 0 Å². The summed E-state index contributed by atoms with van der Waals surface area (Å²) >= 11 is 0. The number of benzene rings is 1. The third kappa shape index (κ3) is 2.54. The van der Waals surface area contributed by atoms with E-state index in [1.165, 1.54) is 16.0 Å². The molecule has 1 aromatic rings. The molecule has 106 valence electrons. The smallest absolute Gasteiger partial charge is 0.313 e. The average molecular weight is 274 g/mol. The third-order valence-corrected chi connectivity index (χ3v) is 4.00. The number of hydrogen-bond acceptors (Lipinski definition) is 3. The van der Waals surface area contributed by atoms with Gasteiger partial charge in [-0.05, 0) is 48.9 Å². The summed E-state index contributed by atoms with van der Waals surface area (Å²) in [7, 11) is 0. The largest absolute Gasteiger partial charge is 0.391 e. The number of carbonyl (C=O) groups is 2. The van der Waals surface area contributed by atoms with Gasteiger partial charge in [-0.3, -0.25) is 9.59 Å². The number of β-amino-alcohol motifs (C(OH)–C–C–N with tert-alkyl or cyclic N) is 1. The van der Waals surface area contributed by atoms with Gasteiger partial charge in [0.1, 0.15) is 0 Å². The maximum Gasteiger partial charge on any atom is 0.313 e. The summed E-state index contributed by atoms with van der Waals surface area (Å²) in [4.78, 5) is 25.3. The van der Waals surface area contributed by atoms with Gasteiger partial charge in [0.05, 0.1) is 6.10 Å². The molecular weight excluding hydrogens is 256 g/mol. The van der Waals surface area contributed by atoms with E-state index in [1.807, 2.05) is 18.2 Å². The molecule has 0 aromatic heterocycles. The van der Waals surface area contributed by atoms with Crippen molar-refractivity contribution in [1.29, 1.82) is 0 Å². The molecule has 1 fully saturated rings. The van der Waals surface area contributed by atoms with E-state index >= 15 is 0 Å². The van der Waals surface area contributed by atoms with Crippen molar-refractivity contribution >= 4 is 17.5 Å². The van der Waals surface area contributed by atoms with Gasteiger partial charge in [-0.2, -0.15) is 0 Å². The van der Waals surface area contributed by atoms with E-state index in [9.17, 15) is 14.7 Å². The minimum absolute atomic E-state index is 0.246. The van der Waals surface area contributed by atoms with Crippen LogP contribution < -0.4 is 5.32 Å². The van der Waals surface area contributed by atoms with E-state index in [1.54, 1.807) is 0 Å². The van der Waals surface area contributed by atoms with Crippen LogP contribution in [0.5, 0.6) is 0 Å². The topological polar surface area (TPSA) is 69.6 Å². The maximum absolute atomic E-state index is 11.9. The summed E-state index contributed by atoms with van der Waals surface area (Å²) in [6.07, 6.45) is 3.31. The van der Waals surface area contributed by atoms with Crippen molar-refractivity contribution in [2.24, 2.45) is 0 Å². The summed E-state index contributed by atoms with van der Waals surface area (Å²) in [5.41, 5.74) is 3.26. The minimum atomic E-state index is -0.628. The molecule has 20 heavy (non-hydrogen) atoms. The van der Waals surface area contributed by atoms with Crippen molar-refractivity contribution in [2.45, 2.75) is 31.8 Å². The Kier molecular flexibility index (Phi) is 3.44. The number of hydrogen-bond donors (Lipinski definition) is 2. The van der Waals surface area contributed by atoms with E-state index in [2.05, 4.69) is 5.32 Å². The summed E-state index contributed by atoms with van der Waals surface area (Å²) in [6, 6.07) is 5.81. The van der Waals surface area contributed by atoms with E-state index in [-0.39, 0.29) is 6.54 Å². The average Bonchev–Trinajstić information content (AvgIpc) is 3.05. The molecule has 1 aliphatic carbocycles. The predicted octanol–water partition coefficient (Wildman–Crippen LogP) is 0.707.